The Morgan fingerprint density at radius 3 is 2.87 bits per heavy atom. The van der Waals surface area contributed by atoms with Crippen molar-refractivity contribution in [3.63, 3.8) is 0 Å². The minimum atomic E-state index is -3.09. The molecule has 3 rings (SSSR count). The van der Waals surface area contributed by atoms with Gasteiger partial charge in [-0.1, -0.05) is 11.3 Å². The first kappa shape index (κ1) is 16.1. The Kier molecular flexibility index (Phi) is 4.01. The highest BCUT2D eigenvalue weighted by Crippen LogP contribution is 2.20. The van der Waals surface area contributed by atoms with Crippen LogP contribution in [0.2, 0.25) is 0 Å². The van der Waals surface area contributed by atoms with E-state index in [2.05, 4.69) is 0 Å². The summed E-state index contributed by atoms with van der Waals surface area (Å²) in [6.07, 6.45) is 0.401. The van der Waals surface area contributed by atoms with E-state index in [9.17, 15) is 22.4 Å². The third-order valence-corrected chi connectivity index (χ3v) is 6.78. The van der Waals surface area contributed by atoms with Gasteiger partial charge in [-0.05, 0) is 24.6 Å². The topological polar surface area (TPSA) is 76.5 Å². The average Bonchev–Trinajstić information content (AvgIpc) is 2.99. The summed E-state index contributed by atoms with van der Waals surface area (Å²) >= 11 is 0.947. The number of fused-ring (bicyclic) bond motifs is 1. The molecule has 23 heavy (non-hydrogen) atoms. The van der Waals surface area contributed by atoms with Gasteiger partial charge in [0.25, 0.3) is 0 Å². The normalized spacial score (nSPS) is 20.0. The van der Waals surface area contributed by atoms with Crippen LogP contribution in [0.1, 0.15) is 6.42 Å². The maximum absolute atomic E-state index is 13.4. The van der Waals surface area contributed by atoms with Gasteiger partial charge in [0.1, 0.15) is 12.4 Å². The molecule has 1 aliphatic rings. The van der Waals surface area contributed by atoms with Gasteiger partial charge in [-0.2, -0.15) is 0 Å². The summed E-state index contributed by atoms with van der Waals surface area (Å²) in [5.74, 6) is -0.824. The smallest absolute Gasteiger partial charge is 0.308 e. The Morgan fingerprint density at radius 2 is 2.22 bits per heavy atom. The highest BCUT2D eigenvalue weighted by atomic mass is 32.2. The number of benzene rings is 1. The molecule has 0 spiro atoms. The van der Waals surface area contributed by atoms with Gasteiger partial charge in [0.15, 0.2) is 9.84 Å². The highest BCUT2D eigenvalue weighted by Gasteiger charge is 2.32. The first-order chi connectivity index (χ1) is 10.8. The van der Waals surface area contributed by atoms with Crippen molar-refractivity contribution in [1.82, 2.24) is 9.47 Å². The molecule has 1 aliphatic heterocycles. The van der Waals surface area contributed by atoms with Gasteiger partial charge in [-0.15, -0.1) is 0 Å². The lowest BCUT2D eigenvalue weighted by Crippen LogP contribution is -2.40. The summed E-state index contributed by atoms with van der Waals surface area (Å²) < 4.78 is 38.3. The SMILES string of the molecule is CN(C(=O)Cn1c(=O)sc2ccc(F)cc21)C1CCS(=O)(=O)C1. The molecule has 124 valence electrons. The lowest BCUT2D eigenvalue weighted by Gasteiger charge is -2.23. The summed E-state index contributed by atoms with van der Waals surface area (Å²) in [5.41, 5.74) is 0.376. The summed E-state index contributed by atoms with van der Waals surface area (Å²) in [7, 11) is -1.56. The van der Waals surface area contributed by atoms with E-state index in [1.165, 1.54) is 34.7 Å². The molecule has 1 amide bonds. The van der Waals surface area contributed by atoms with Crippen LogP contribution in [0.5, 0.6) is 0 Å². The number of carbonyl (C=O) groups excluding carboxylic acids is 1. The van der Waals surface area contributed by atoms with E-state index in [0.717, 1.165) is 11.3 Å². The second kappa shape index (κ2) is 5.72. The molecule has 0 bridgehead atoms. The van der Waals surface area contributed by atoms with E-state index >= 15 is 0 Å². The Hall–Kier alpha value is -1.74. The fourth-order valence-electron chi connectivity index (χ4n) is 2.72. The number of carbonyl (C=O) groups is 1. The molecular formula is C14H15FN2O4S2. The van der Waals surface area contributed by atoms with E-state index in [1.54, 1.807) is 0 Å². The number of thiazole rings is 1. The predicted octanol–water partition coefficient (Wildman–Crippen LogP) is 0.848. The first-order valence-corrected chi connectivity index (χ1v) is 9.65. The van der Waals surface area contributed by atoms with E-state index in [4.69, 9.17) is 0 Å². The molecule has 0 N–H and O–H groups in total. The number of aromatic nitrogens is 1. The van der Waals surface area contributed by atoms with Crippen LogP contribution >= 0.6 is 11.3 Å². The van der Waals surface area contributed by atoms with Gasteiger partial charge in [-0.3, -0.25) is 14.2 Å². The summed E-state index contributed by atoms with van der Waals surface area (Å²) in [4.78, 5) is 25.4. The number of amides is 1. The lowest BCUT2D eigenvalue weighted by molar-refractivity contribution is -0.132. The number of halogens is 1. The minimum Gasteiger partial charge on any atom is -0.340 e. The number of hydrogen-bond acceptors (Lipinski definition) is 5. The molecule has 9 heteroatoms. The molecule has 0 saturated carbocycles. The number of rotatable bonds is 3. The number of nitrogens with zero attached hydrogens (tertiary/aromatic N) is 2. The summed E-state index contributed by atoms with van der Waals surface area (Å²) in [6.45, 7) is -0.227. The standard InChI is InChI=1S/C14H15FN2O4S2/c1-16(10-4-5-23(20,21)8-10)13(18)7-17-11-6-9(15)2-3-12(11)22-14(17)19/h2-3,6,10H,4-5,7-8H2,1H3. The predicted molar refractivity (Wildman–Crippen MR) is 85.9 cm³/mol. The molecule has 2 aromatic rings. The van der Waals surface area contributed by atoms with Crippen molar-refractivity contribution in [3.05, 3.63) is 33.7 Å². The zero-order valence-corrected chi connectivity index (χ0v) is 14.0. The van der Waals surface area contributed by atoms with Crippen LogP contribution in [0.25, 0.3) is 10.2 Å². The molecule has 0 radical (unpaired) electrons. The lowest BCUT2D eigenvalue weighted by atomic mass is 10.2. The maximum Gasteiger partial charge on any atom is 0.308 e. The van der Waals surface area contributed by atoms with Gasteiger partial charge in [0, 0.05) is 13.1 Å². The quantitative estimate of drug-likeness (QED) is 0.815. The largest absolute Gasteiger partial charge is 0.340 e. The van der Waals surface area contributed by atoms with Crippen LogP contribution in [0.4, 0.5) is 4.39 Å². The van der Waals surface area contributed by atoms with E-state index in [1.807, 2.05) is 0 Å². The zero-order valence-electron chi connectivity index (χ0n) is 12.4. The number of sulfone groups is 1. The molecule has 1 unspecified atom stereocenters. The van der Waals surface area contributed by atoms with E-state index < -0.39 is 15.7 Å². The van der Waals surface area contributed by atoms with Gasteiger partial charge in [-0.25, -0.2) is 12.8 Å². The van der Waals surface area contributed by atoms with Crippen LogP contribution in [0, 0.1) is 5.82 Å². The van der Waals surface area contributed by atoms with Crippen molar-refractivity contribution in [3.8, 4) is 0 Å². The van der Waals surface area contributed by atoms with Crippen molar-refractivity contribution < 1.29 is 17.6 Å². The fourth-order valence-corrected chi connectivity index (χ4v) is 5.36. The number of hydrogen-bond donors (Lipinski definition) is 0. The molecule has 1 aromatic heterocycles. The molecule has 1 fully saturated rings. The second-order valence-electron chi connectivity index (χ2n) is 5.63. The molecule has 1 atom stereocenters. The Bertz CT molecular complexity index is 932. The third kappa shape index (κ3) is 3.16. The van der Waals surface area contributed by atoms with Gasteiger partial charge >= 0.3 is 4.87 Å². The Labute approximate surface area is 136 Å². The van der Waals surface area contributed by atoms with Gasteiger partial charge in [0.05, 0.1) is 21.7 Å². The van der Waals surface area contributed by atoms with Crippen LogP contribution in [-0.4, -0.2) is 48.4 Å². The molecule has 6 nitrogen and oxygen atoms in total. The zero-order chi connectivity index (χ0) is 16.8. The first-order valence-electron chi connectivity index (χ1n) is 7.02. The third-order valence-electron chi connectivity index (χ3n) is 4.07. The second-order valence-corrected chi connectivity index (χ2v) is 8.85. The van der Waals surface area contributed by atoms with Crippen LogP contribution in [0.15, 0.2) is 23.0 Å². The van der Waals surface area contributed by atoms with Crippen LogP contribution < -0.4 is 4.87 Å². The molecule has 2 heterocycles. The van der Waals surface area contributed by atoms with Gasteiger partial charge < -0.3 is 4.90 Å². The molecule has 1 aromatic carbocycles. The van der Waals surface area contributed by atoms with Crippen LogP contribution in [-0.2, 0) is 21.2 Å². The van der Waals surface area contributed by atoms with Crippen molar-refractivity contribution >= 4 is 37.3 Å². The summed E-state index contributed by atoms with van der Waals surface area (Å²) in [6, 6.07) is 3.62. The molecule has 0 aliphatic carbocycles. The van der Waals surface area contributed by atoms with E-state index in [0.29, 0.717) is 16.6 Å². The Morgan fingerprint density at radius 1 is 1.48 bits per heavy atom. The van der Waals surface area contributed by atoms with Gasteiger partial charge in [0.2, 0.25) is 5.91 Å². The van der Waals surface area contributed by atoms with Crippen molar-refractivity contribution in [1.29, 1.82) is 0 Å². The molecule has 1 saturated heterocycles. The number of likely N-dealkylation sites (N-methyl/N-ethyl adjacent to an activating group) is 1. The summed E-state index contributed by atoms with van der Waals surface area (Å²) in [5, 5.41) is 0. The van der Waals surface area contributed by atoms with Crippen molar-refractivity contribution in [2.24, 2.45) is 0 Å². The fraction of sp³-hybridized carbons (Fsp3) is 0.429. The Balaban J connectivity index is 1.84. The van der Waals surface area contributed by atoms with Crippen molar-refractivity contribution in [2.45, 2.75) is 19.0 Å². The average molecular weight is 358 g/mol. The minimum absolute atomic E-state index is 0.0524. The maximum atomic E-state index is 13.4. The van der Waals surface area contributed by atoms with E-state index in [-0.39, 0.29) is 34.9 Å². The monoisotopic (exact) mass is 358 g/mol. The van der Waals surface area contributed by atoms with Crippen molar-refractivity contribution in [2.75, 3.05) is 18.6 Å². The highest BCUT2D eigenvalue weighted by molar-refractivity contribution is 7.91. The molecular weight excluding hydrogens is 343 g/mol. The van der Waals surface area contributed by atoms with Crippen LogP contribution in [0.3, 0.4) is 0 Å².